The summed E-state index contributed by atoms with van der Waals surface area (Å²) < 4.78 is 11.3. The summed E-state index contributed by atoms with van der Waals surface area (Å²) in [5.74, 6) is 2.17. The van der Waals surface area contributed by atoms with Gasteiger partial charge in [-0.3, -0.25) is 4.90 Å². The van der Waals surface area contributed by atoms with Crippen molar-refractivity contribution in [1.82, 2.24) is 14.9 Å². The van der Waals surface area contributed by atoms with Gasteiger partial charge in [-0.25, -0.2) is 4.98 Å². The molecule has 1 aliphatic heterocycles. The maximum atomic E-state index is 5.78. The van der Waals surface area contributed by atoms with E-state index in [1.54, 1.807) is 7.11 Å². The summed E-state index contributed by atoms with van der Waals surface area (Å²) in [6.07, 6.45) is 4.27. The minimum Gasteiger partial charge on any atom is -0.493 e. The summed E-state index contributed by atoms with van der Waals surface area (Å²) in [6.45, 7) is 7.92. The first-order chi connectivity index (χ1) is 13.7. The van der Waals surface area contributed by atoms with Crippen LogP contribution in [-0.2, 0) is 6.54 Å². The smallest absolute Gasteiger partial charge is 0.161 e. The molecule has 148 valence electrons. The summed E-state index contributed by atoms with van der Waals surface area (Å²) in [7, 11) is 1.70. The third-order valence-corrected chi connectivity index (χ3v) is 5.67. The number of hydrogen-bond acceptors (Lipinski definition) is 4. The Morgan fingerprint density at radius 1 is 1.25 bits per heavy atom. The second kappa shape index (κ2) is 8.23. The van der Waals surface area contributed by atoms with Gasteiger partial charge in [0.05, 0.1) is 13.7 Å². The minimum absolute atomic E-state index is 0.521. The van der Waals surface area contributed by atoms with E-state index in [1.807, 2.05) is 19.2 Å². The highest BCUT2D eigenvalue weighted by Crippen LogP contribution is 2.33. The van der Waals surface area contributed by atoms with E-state index in [4.69, 9.17) is 9.47 Å². The molecular weight excluding hydrogens is 350 g/mol. The zero-order valence-corrected chi connectivity index (χ0v) is 17.0. The molecule has 0 unspecified atom stereocenters. The third-order valence-electron chi connectivity index (χ3n) is 5.67. The lowest BCUT2D eigenvalue weighted by molar-refractivity contribution is 0.198. The van der Waals surface area contributed by atoms with Crippen molar-refractivity contribution in [3.63, 3.8) is 0 Å². The van der Waals surface area contributed by atoms with Crippen LogP contribution < -0.4 is 9.47 Å². The highest BCUT2D eigenvalue weighted by Gasteiger charge is 2.23. The van der Waals surface area contributed by atoms with E-state index in [9.17, 15) is 0 Å². The lowest BCUT2D eigenvalue weighted by Crippen LogP contribution is -2.34. The largest absolute Gasteiger partial charge is 0.493 e. The molecule has 3 aromatic rings. The number of nitrogens with zero attached hydrogens (tertiary/aromatic N) is 2. The maximum absolute atomic E-state index is 5.78. The van der Waals surface area contributed by atoms with Gasteiger partial charge in [-0.05, 0) is 74.7 Å². The SMILES string of the molecule is CCOc1cc(CN2CCC[C@@H](c3cc4cccnc4[nH]3)C2)c(C)cc1OC. The molecule has 0 saturated carbocycles. The summed E-state index contributed by atoms with van der Waals surface area (Å²) >= 11 is 0. The number of benzene rings is 1. The number of aryl methyl sites for hydroxylation is 1. The van der Waals surface area contributed by atoms with Gasteiger partial charge in [0.2, 0.25) is 0 Å². The molecule has 28 heavy (non-hydrogen) atoms. The molecule has 1 N–H and O–H groups in total. The van der Waals surface area contributed by atoms with Gasteiger partial charge in [0.1, 0.15) is 5.65 Å². The molecule has 0 spiro atoms. The van der Waals surface area contributed by atoms with Crippen molar-refractivity contribution in [2.45, 2.75) is 39.2 Å². The summed E-state index contributed by atoms with van der Waals surface area (Å²) in [6, 6.07) is 10.6. The Morgan fingerprint density at radius 3 is 2.93 bits per heavy atom. The monoisotopic (exact) mass is 379 g/mol. The summed E-state index contributed by atoms with van der Waals surface area (Å²) in [5, 5.41) is 1.20. The normalized spacial score (nSPS) is 17.8. The first-order valence-electron chi connectivity index (χ1n) is 10.1. The van der Waals surface area contributed by atoms with Crippen LogP contribution in [0.15, 0.2) is 36.5 Å². The molecule has 0 aliphatic carbocycles. The molecular formula is C23H29N3O2. The van der Waals surface area contributed by atoms with Gasteiger partial charge in [0.25, 0.3) is 0 Å². The molecule has 1 atom stereocenters. The van der Waals surface area contributed by atoms with Gasteiger partial charge in [-0.15, -0.1) is 0 Å². The summed E-state index contributed by atoms with van der Waals surface area (Å²) in [5.41, 5.74) is 4.85. The number of hydrogen-bond donors (Lipinski definition) is 1. The maximum Gasteiger partial charge on any atom is 0.161 e. The Balaban J connectivity index is 1.51. The zero-order chi connectivity index (χ0) is 19.5. The Morgan fingerprint density at radius 2 is 2.14 bits per heavy atom. The van der Waals surface area contributed by atoms with Gasteiger partial charge in [-0.1, -0.05) is 0 Å². The minimum atomic E-state index is 0.521. The van der Waals surface area contributed by atoms with Crippen molar-refractivity contribution in [1.29, 1.82) is 0 Å². The molecule has 1 aromatic carbocycles. The third kappa shape index (κ3) is 3.85. The van der Waals surface area contributed by atoms with Crippen LogP contribution in [0.5, 0.6) is 11.5 Å². The summed E-state index contributed by atoms with van der Waals surface area (Å²) in [4.78, 5) is 10.5. The van der Waals surface area contributed by atoms with E-state index >= 15 is 0 Å². The average Bonchev–Trinajstić information content (AvgIpc) is 3.15. The Hall–Kier alpha value is -2.53. The van der Waals surface area contributed by atoms with Crippen LogP contribution in [0, 0.1) is 6.92 Å². The van der Waals surface area contributed by atoms with Gasteiger partial charge < -0.3 is 14.5 Å². The van der Waals surface area contributed by atoms with Crippen molar-refractivity contribution in [2.75, 3.05) is 26.8 Å². The standard InChI is InChI=1S/C23H29N3O2/c1-4-28-22-13-19(16(2)11-21(22)27-3)15-26-10-6-8-18(14-26)20-12-17-7-5-9-24-23(17)25-20/h5,7,9,11-13,18H,4,6,8,10,14-15H2,1-3H3,(H,24,25)/t18-/m1/s1. The van der Waals surface area contributed by atoms with Crippen LogP contribution in [0.3, 0.4) is 0 Å². The molecule has 0 amide bonds. The molecule has 0 radical (unpaired) electrons. The van der Waals surface area contributed by atoms with Gasteiger partial charge in [0.15, 0.2) is 11.5 Å². The zero-order valence-electron chi connectivity index (χ0n) is 17.0. The number of ether oxygens (including phenoxy) is 2. The number of rotatable bonds is 6. The van der Waals surface area contributed by atoms with Crippen LogP contribution in [0.1, 0.15) is 42.5 Å². The lowest BCUT2D eigenvalue weighted by atomic mass is 9.94. The van der Waals surface area contributed by atoms with Crippen LogP contribution in [0.25, 0.3) is 11.0 Å². The van der Waals surface area contributed by atoms with Crippen molar-refractivity contribution in [2.24, 2.45) is 0 Å². The first-order valence-corrected chi connectivity index (χ1v) is 10.1. The van der Waals surface area contributed by atoms with Crippen LogP contribution >= 0.6 is 0 Å². The molecule has 2 aromatic heterocycles. The number of piperidine rings is 1. The fourth-order valence-electron chi connectivity index (χ4n) is 4.19. The highest BCUT2D eigenvalue weighted by atomic mass is 16.5. The van der Waals surface area contributed by atoms with Crippen molar-refractivity contribution in [3.8, 4) is 11.5 Å². The topological polar surface area (TPSA) is 50.4 Å². The number of fused-ring (bicyclic) bond motifs is 1. The second-order valence-electron chi connectivity index (χ2n) is 7.60. The Bertz CT molecular complexity index is 917. The number of aromatic nitrogens is 2. The molecule has 5 nitrogen and oxygen atoms in total. The Kier molecular flexibility index (Phi) is 5.53. The van der Waals surface area contributed by atoms with E-state index < -0.39 is 0 Å². The molecule has 1 saturated heterocycles. The van der Waals surface area contributed by atoms with Gasteiger partial charge in [-0.2, -0.15) is 0 Å². The molecule has 3 heterocycles. The lowest BCUT2D eigenvalue weighted by Gasteiger charge is -2.33. The molecule has 4 rings (SSSR count). The molecule has 0 bridgehead atoms. The molecule has 1 aliphatic rings. The predicted octanol–water partition coefficient (Wildman–Crippen LogP) is 4.66. The van der Waals surface area contributed by atoms with Crippen LogP contribution in [-0.4, -0.2) is 41.7 Å². The number of aromatic amines is 1. The fourth-order valence-corrected chi connectivity index (χ4v) is 4.19. The van der Waals surface area contributed by atoms with E-state index in [1.165, 1.54) is 35.0 Å². The number of pyridine rings is 1. The predicted molar refractivity (Wildman–Crippen MR) is 112 cm³/mol. The molecule has 5 heteroatoms. The number of nitrogens with one attached hydrogen (secondary N) is 1. The Labute approximate surface area is 166 Å². The average molecular weight is 380 g/mol. The van der Waals surface area contributed by atoms with Gasteiger partial charge >= 0.3 is 0 Å². The van der Waals surface area contributed by atoms with Crippen LogP contribution in [0.2, 0.25) is 0 Å². The van der Waals surface area contributed by atoms with E-state index in [0.717, 1.165) is 36.8 Å². The van der Waals surface area contributed by atoms with Crippen molar-refractivity contribution >= 4 is 11.0 Å². The first kappa shape index (κ1) is 18.8. The highest BCUT2D eigenvalue weighted by molar-refractivity contribution is 5.76. The quantitative estimate of drug-likeness (QED) is 0.677. The fraction of sp³-hybridized carbons (Fsp3) is 0.435. The van der Waals surface area contributed by atoms with Crippen molar-refractivity contribution < 1.29 is 9.47 Å². The van der Waals surface area contributed by atoms with E-state index in [-0.39, 0.29) is 0 Å². The van der Waals surface area contributed by atoms with E-state index in [2.05, 4.69) is 46.1 Å². The number of H-pyrrole nitrogens is 1. The van der Waals surface area contributed by atoms with Crippen LogP contribution in [0.4, 0.5) is 0 Å². The number of likely N-dealkylation sites (tertiary alicyclic amines) is 1. The van der Waals surface area contributed by atoms with Crippen molar-refractivity contribution in [3.05, 3.63) is 53.3 Å². The second-order valence-corrected chi connectivity index (χ2v) is 7.60. The molecule has 1 fully saturated rings. The number of methoxy groups -OCH3 is 1. The van der Waals surface area contributed by atoms with E-state index in [0.29, 0.717) is 12.5 Å². The van der Waals surface area contributed by atoms with Gasteiger partial charge in [0, 0.05) is 36.3 Å².